The molecule has 0 aromatic heterocycles. The number of nitrogens with zero attached hydrogens (tertiary/aromatic N) is 1. The molecule has 2 fully saturated rings. The van der Waals surface area contributed by atoms with Crippen LogP contribution in [0.1, 0.15) is 23.2 Å². The number of hydrogen-bond donors (Lipinski definition) is 1. The van der Waals surface area contributed by atoms with Crippen molar-refractivity contribution in [1.29, 1.82) is 0 Å². The molecule has 2 heterocycles. The van der Waals surface area contributed by atoms with E-state index in [2.05, 4.69) is 0 Å². The van der Waals surface area contributed by atoms with Crippen LogP contribution in [0.25, 0.3) is 0 Å². The van der Waals surface area contributed by atoms with Gasteiger partial charge in [-0.3, -0.25) is 4.79 Å². The predicted octanol–water partition coefficient (Wildman–Crippen LogP) is 1.41. The zero-order valence-electron chi connectivity index (χ0n) is 9.93. The van der Waals surface area contributed by atoms with Crippen molar-refractivity contribution in [3.05, 3.63) is 29.6 Å². The van der Waals surface area contributed by atoms with E-state index in [1.807, 2.05) is 0 Å². The Bertz CT molecular complexity index is 460. The molecule has 1 amide bonds. The van der Waals surface area contributed by atoms with E-state index in [-0.39, 0.29) is 23.8 Å². The number of anilines is 1. The Morgan fingerprint density at radius 1 is 1.28 bits per heavy atom. The van der Waals surface area contributed by atoms with Crippen LogP contribution in [0.15, 0.2) is 18.2 Å². The highest BCUT2D eigenvalue weighted by Crippen LogP contribution is 2.27. The van der Waals surface area contributed by atoms with Crippen LogP contribution in [0.5, 0.6) is 0 Å². The summed E-state index contributed by atoms with van der Waals surface area (Å²) in [5, 5.41) is 0. The van der Waals surface area contributed by atoms with Crippen molar-refractivity contribution in [2.45, 2.75) is 25.0 Å². The van der Waals surface area contributed by atoms with Gasteiger partial charge in [-0.05, 0) is 31.0 Å². The molecule has 0 spiro atoms. The number of amides is 1. The van der Waals surface area contributed by atoms with E-state index < -0.39 is 5.82 Å². The monoisotopic (exact) mass is 250 g/mol. The lowest BCUT2D eigenvalue weighted by molar-refractivity contribution is -0.0303. The zero-order valence-corrected chi connectivity index (χ0v) is 9.93. The molecular formula is C13H15FN2O2. The fourth-order valence-electron chi connectivity index (χ4n) is 2.70. The van der Waals surface area contributed by atoms with E-state index in [0.29, 0.717) is 18.7 Å². The Labute approximate surface area is 105 Å². The molecule has 2 atom stereocenters. The molecular weight excluding hydrogens is 235 g/mol. The maximum absolute atomic E-state index is 13.2. The Hall–Kier alpha value is -1.62. The Kier molecular flexibility index (Phi) is 2.70. The van der Waals surface area contributed by atoms with Crippen molar-refractivity contribution in [3.63, 3.8) is 0 Å². The van der Waals surface area contributed by atoms with Gasteiger partial charge in [0.15, 0.2) is 0 Å². The number of fused-ring (bicyclic) bond motifs is 2. The van der Waals surface area contributed by atoms with E-state index in [0.717, 1.165) is 12.8 Å². The van der Waals surface area contributed by atoms with Gasteiger partial charge in [0, 0.05) is 24.3 Å². The summed E-state index contributed by atoms with van der Waals surface area (Å²) < 4.78 is 18.9. The Morgan fingerprint density at radius 2 is 1.94 bits per heavy atom. The minimum Gasteiger partial charge on any atom is -0.399 e. The molecule has 4 nitrogen and oxygen atoms in total. The Morgan fingerprint density at radius 3 is 2.56 bits per heavy atom. The normalized spacial score (nSPS) is 26.4. The third-order valence-corrected chi connectivity index (χ3v) is 3.50. The molecule has 2 saturated heterocycles. The lowest BCUT2D eigenvalue weighted by Gasteiger charge is -2.32. The fraction of sp³-hybridized carbons (Fsp3) is 0.462. The molecule has 2 bridgehead atoms. The highest BCUT2D eigenvalue weighted by Gasteiger charge is 2.36. The van der Waals surface area contributed by atoms with Gasteiger partial charge in [0.1, 0.15) is 5.82 Å². The molecule has 0 aliphatic carbocycles. The van der Waals surface area contributed by atoms with Crippen molar-refractivity contribution in [3.8, 4) is 0 Å². The molecule has 2 aliphatic heterocycles. The molecule has 2 unspecified atom stereocenters. The average molecular weight is 250 g/mol. The standard InChI is InChI=1S/C13H15FN2O2/c14-9-3-8(4-10(15)5-9)13(17)16-6-11-1-2-12(7-16)18-11/h3-5,11-12H,1-2,6-7,15H2. The van der Waals surface area contributed by atoms with Crippen LogP contribution >= 0.6 is 0 Å². The second-order valence-corrected chi connectivity index (χ2v) is 4.94. The van der Waals surface area contributed by atoms with Crippen LogP contribution in [0.3, 0.4) is 0 Å². The number of rotatable bonds is 1. The number of ether oxygens (including phenoxy) is 1. The van der Waals surface area contributed by atoms with Gasteiger partial charge in [0.25, 0.3) is 5.91 Å². The van der Waals surface area contributed by atoms with E-state index >= 15 is 0 Å². The van der Waals surface area contributed by atoms with Gasteiger partial charge in [0.2, 0.25) is 0 Å². The highest BCUT2D eigenvalue weighted by atomic mass is 19.1. The predicted molar refractivity (Wildman–Crippen MR) is 64.6 cm³/mol. The van der Waals surface area contributed by atoms with Gasteiger partial charge < -0.3 is 15.4 Å². The first-order chi connectivity index (χ1) is 8.61. The van der Waals surface area contributed by atoms with Gasteiger partial charge in [0.05, 0.1) is 12.2 Å². The molecule has 1 aromatic rings. The zero-order chi connectivity index (χ0) is 12.7. The second-order valence-electron chi connectivity index (χ2n) is 4.94. The molecule has 5 heteroatoms. The molecule has 2 aliphatic rings. The first kappa shape index (κ1) is 11.5. The van der Waals surface area contributed by atoms with Crippen LogP contribution in [0.4, 0.5) is 10.1 Å². The summed E-state index contributed by atoms with van der Waals surface area (Å²) in [7, 11) is 0. The number of hydrogen-bond acceptors (Lipinski definition) is 3. The van der Waals surface area contributed by atoms with Gasteiger partial charge in [-0.2, -0.15) is 0 Å². The van der Waals surface area contributed by atoms with Crippen molar-refractivity contribution in [1.82, 2.24) is 4.90 Å². The van der Waals surface area contributed by atoms with Gasteiger partial charge >= 0.3 is 0 Å². The van der Waals surface area contributed by atoms with Gasteiger partial charge in [-0.25, -0.2) is 4.39 Å². The average Bonchev–Trinajstić information content (AvgIpc) is 2.66. The second kappa shape index (κ2) is 4.24. The Balaban J connectivity index is 1.81. The quantitative estimate of drug-likeness (QED) is 0.767. The van der Waals surface area contributed by atoms with Crippen molar-refractivity contribution in [2.75, 3.05) is 18.8 Å². The third-order valence-electron chi connectivity index (χ3n) is 3.50. The van der Waals surface area contributed by atoms with Crippen LogP contribution in [0.2, 0.25) is 0 Å². The number of morpholine rings is 1. The summed E-state index contributed by atoms with van der Waals surface area (Å²) in [6.07, 6.45) is 2.27. The van der Waals surface area contributed by atoms with Crippen molar-refractivity contribution >= 4 is 11.6 Å². The summed E-state index contributed by atoms with van der Waals surface area (Å²) >= 11 is 0. The molecule has 2 N–H and O–H groups in total. The molecule has 3 rings (SSSR count). The largest absolute Gasteiger partial charge is 0.399 e. The molecule has 0 radical (unpaired) electrons. The van der Waals surface area contributed by atoms with Crippen LogP contribution < -0.4 is 5.73 Å². The number of carbonyl (C=O) groups is 1. The summed E-state index contributed by atoms with van der Waals surface area (Å²) in [5.74, 6) is -0.643. The van der Waals surface area contributed by atoms with E-state index in [1.165, 1.54) is 18.2 Å². The number of halogens is 1. The SMILES string of the molecule is Nc1cc(F)cc(C(=O)N2CC3CCC(C2)O3)c1. The van der Waals surface area contributed by atoms with Crippen LogP contribution in [-0.4, -0.2) is 36.1 Å². The van der Waals surface area contributed by atoms with Crippen molar-refractivity contribution < 1.29 is 13.9 Å². The van der Waals surface area contributed by atoms with E-state index in [9.17, 15) is 9.18 Å². The topological polar surface area (TPSA) is 55.6 Å². The number of nitrogen functional groups attached to an aromatic ring is 1. The molecule has 1 aromatic carbocycles. The molecule has 18 heavy (non-hydrogen) atoms. The fourth-order valence-corrected chi connectivity index (χ4v) is 2.70. The van der Waals surface area contributed by atoms with E-state index in [1.54, 1.807) is 4.90 Å². The summed E-state index contributed by atoms with van der Waals surface area (Å²) in [6.45, 7) is 1.18. The van der Waals surface area contributed by atoms with Gasteiger partial charge in [-0.1, -0.05) is 0 Å². The van der Waals surface area contributed by atoms with E-state index in [4.69, 9.17) is 10.5 Å². The number of benzene rings is 1. The van der Waals surface area contributed by atoms with Crippen LogP contribution in [-0.2, 0) is 4.74 Å². The lowest BCUT2D eigenvalue weighted by Crippen LogP contribution is -2.45. The number of likely N-dealkylation sites (tertiary alicyclic amines) is 1. The first-order valence-corrected chi connectivity index (χ1v) is 6.12. The molecule has 96 valence electrons. The smallest absolute Gasteiger partial charge is 0.254 e. The lowest BCUT2D eigenvalue weighted by atomic mass is 10.1. The number of carbonyl (C=O) groups excluding carboxylic acids is 1. The van der Waals surface area contributed by atoms with Crippen LogP contribution in [0, 0.1) is 5.82 Å². The van der Waals surface area contributed by atoms with Gasteiger partial charge in [-0.15, -0.1) is 0 Å². The maximum Gasteiger partial charge on any atom is 0.254 e. The minimum absolute atomic E-state index is 0.138. The summed E-state index contributed by atoms with van der Waals surface area (Å²) in [6, 6.07) is 3.96. The summed E-state index contributed by atoms with van der Waals surface area (Å²) in [4.78, 5) is 14.0. The summed E-state index contributed by atoms with van der Waals surface area (Å²) in [5.41, 5.74) is 6.14. The first-order valence-electron chi connectivity index (χ1n) is 6.12. The minimum atomic E-state index is -0.477. The van der Waals surface area contributed by atoms with Crippen molar-refractivity contribution in [2.24, 2.45) is 0 Å². The third kappa shape index (κ3) is 2.06. The highest BCUT2D eigenvalue weighted by molar-refractivity contribution is 5.95. The maximum atomic E-state index is 13.2. The number of nitrogens with two attached hydrogens (primary N) is 1. The molecule has 0 saturated carbocycles.